The summed E-state index contributed by atoms with van der Waals surface area (Å²) in [7, 11) is 1.27. The molecule has 1 rings (SSSR count). The van der Waals surface area contributed by atoms with Gasteiger partial charge in [-0.15, -0.1) is 0 Å². The molecule has 0 aromatic heterocycles. The number of ether oxygens (including phenoxy) is 1. The number of carbonyl (C=O) groups is 1. The molecule has 1 N–H and O–H groups in total. The molecule has 2 unspecified atom stereocenters. The highest BCUT2D eigenvalue weighted by molar-refractivity contribution is 5.74. The minimum absolute atomic E-state index is 0.143. The summed E-state index contributed by atoms with van der Waals surface area (Å²) in [5, 5.41) is 10.7. The van der Waals surface area contributed by atoms with E-state index in [-0.39, 0.29) is 12.0 Å². The summed E-state index contributed by atoms with van der Waals surface area (Å²) in [6, 6.07) is 5.97. The van der Waals surface area contributed by atoms with Crippen molar-refractivity contribution in [2.75, 3.05) is 7.11 Å². The second-order valence-electron chi connectivity index (χ2n) is 4.24. The van der Waals surface area contributed by atoms with Gasteiger partial charge < -0.3 is 9.84 Å². The molecule has 1 aromatic rings. The van der Waals surface area contributed by atoms with Gasteiger partial charge in [-0.05, 0) is 18.9 Å². The Kier molecular flexibility index (Phi) is 4.84. The number of carbonyl (C=O) groups excluding carboxylic acids is 1. The molecule has 100 valence electrons. The van der Waals surface area contributed by atoms with Crippen LogP contribution < -0.4 is 0 Å². The molecule has 0 saturated carbocycles. The number of halogens is 1. The number of hydrogen-bond acceptors (Lipinski definition) is 3. The van der Waals surface area contributed by atoms with Gasteiger partial charge in [-0.2, -0.15) is 0 Å². The van der Waals surface area contributed by atoms with Crippen molar-refractivity contribution in [3.05, 3.63) is 35.6 Å². The molecule has 18 heavy (non-hydrogen) atoms. The molecule has 0 radical (unpaired) electrons. The average Bonchev–Trinajstić information content (AvgIpc) is 2.39. The van der Waals surface area contributed by atoms with E-state index in [9.17, 15) is 14.3 Å². The SMILES string of the molecule is CCC(C(=O)OC)C(O)(CC)c1ccccc1F. The molecule has 0 amide bonds. The van der Waals surface area contributed by atoms with Gasteiger partial charge in [0.15, 0.2) is 0 Å². The van der Waals surface area contributed by atoms with Crippen molar-refractivity contribution in [3.63, 3.8) is 0 Å². The smallest absolute Gasteiger partial charge is 0.311 e. The molecule has 0 aliphatic rings. The molecule has 0 aliphatic carbocycles. The van der Waals surface area contributed by atoms with E-state index >= 15 is 0 Å². The van der Waals surface area contributed by atoms with E-state index in [4.69, 9.17) is 4.74 Å². The Morgan fingerprint density at radius 2 is 2.06 bits per heavy atom. The summed E-state index contributed by atoms with van der Waals surface area (Å²) in [5.41, 5.74) is -1.39. The summed E-state index contributed by atoms with van der Waals surface area (Å²) < 4.78 is 18.5. The second-order valence-corrected chi connectivity index (χ2v) is 4.24. The lowest BCUT2D eigenvalue weighted by atomic mass is 9.77. The van der Waals surface area contributed by atoms with Crippen LogP contribution in [0.5, 0.6) is 0 Å². The highest BCUT2D eigenvalue weighted by Crippen LogP contribution is 2.37. The zero-order valence-electron chi connectivity index (χ0n) is 10.9. The third-order valence-corrected chi connectivity index (χ3v) is 3.35. The molecule has 0 saturated heterocycles. The Balaban J connectivity index is 3.27. The topological polar surface area (TPSA) is 46.5 Å². The van der Waals surface area contributed by atoms with E-state index in [0.717, 1.165) is 0 Å². The third-order valence-electron chi connectivity index (χ3n) is 3.35. The van der Waals surface area contributed by atoms with E-state index in [0.29, 0.717) is 6.42 Å². The van der Waals surface area contributed by atoms with E-state index in [1.54, 1.807) is 26.0 Å². The number of esters is 1. The fraction of sp³-hybridized carbons (Fsp3) is 0.500. The highest BCUT2D eigenvalue weighted by Gasteiger charge is 2.42. The lowest BCUT2D eigenvalue weighted by molar-refractivity contribution is -0.157. The van der Waals surface area contributed by atoms with Crippen LogP contribution in [0.1, 0.15) is 32.3 Å². The normalized spacial score (nSPS) is 15.8. The van der Waals surface area contributed by atoms with Crippen molar-refractivity contribution in [1.29, 1.82) is 0 Å². The number of benzene rings is 1. The van der Waals surface area contributed by atoms with Crippen LogP contribution in [0.25, 0.3) is 0 Å². The lowest BCUT2D eigenvalue weighted by Crippen LogP contribution is -2.40. The molecule has 0 aliphatic heterocycles. The quantitative estimate of drug-likeness (QED) is 0.822. The maximum Gasteiger partial charge on any atom is 0.311 e. The Morgan fingerprint density at radius 1 is 1.44 bits per heavy atom. The fourth-order valence-electron chi connectivity index (χ4n) is 2.28. The first-order chi connectivity index (χ1) is 8.51. The van der Waals surface area contributed by atoms with Gasteiger partial charge >= 0.3 is 5.97 Å². The summed E-state index contributed by atoms with van der Waals surface area (Å²) >= 11 is 0. The molecule has 1 aromatic carbocycles. The first-order valence-electron chi connectivity index (χ1n) is 6.06. The van der Waals surface area contributed by atoms with Gasteiger partial charge in [0.1, 0.15) is 11.4 Å². The molecule has 0 spiro atoms. The van der Waals surface area contributed by atoms with Crippen molar-refractivity contribution in [2.45, 2.75) is 32.3 Å². The summed E-state index contributed by atoms with van der Waals surface area (Å²) in [6.45, 7) is 3.49. The zero-order chi connectivity index (χ0) is 13.8. The predicted molar refractivity (Wildman–Crippen MR) is 66.4 cm³/mol. The van der Waals surface area contributed by atoms with Crippen LogP contribution in [0, 0.1) is 11.7 Å². The second kappa shape index (κ2) is 5.96. The van der Waals surface area contributed by atoms with E-state index in [2.05, 4.69) is 0 Å². The van der Waals surface area contributed by atoms with Crippen molar-refractivity contribution in [2.24, 2.45) is 5.92 Å². The van der Waals surface area contributed by atoms with E-state index < -0.39 is 23.3 Å². The number of rotatable bonds is 5. The van der Waals surface area contributed by atoms with Gasteiger partial charge in [-0.3, -0.25) is 4.79 Å². The Labute approximate surface area is 107 Å². The van der Waals surface area contributed by atoms with Crippen molar-refractivity contribution < 1.29 is 19.0 Å². The number of aliphatic hydroxyl groups is 1. The van der Waals surface area contributed by atoms with Crippen LogP contribution in [0.4, 0.5) is 4.39 Å². The molecular formula is C14H19FO3. The lowest BCUT2D eigenvalue weighted by Gasteiger charge is -2.33. The summed E-state index contributed by atoms with van der Waals surface area (Å²) in [6.07, 6.45) is 0.618. The first-order valence-corrected chi connectivity index (χ1v) is 6.06. The maximum absolute atomic E-state index is 13.8. The van der Waals surface area contributed by atoms with E-state index in [1.165, 1.54) is 19.2 Å². The largest absolute Gasteiger partial charge is 0.469 e. The first kappa shape index (κ1) is 14.6. The van der Waals surface area contributed by atoms with Crippen molar-refractivity contribution >= 4 is 5.97 Å². The van der Waals surface area contributed by atoms with Crippen molar-refractivity contribution in [1.82, 2.24) is 0 Å². The Hall–Kier alpha value is -1.42. The summed E-state index contributed by atoms with van der Waals surface area (Å²) in [4.78, 5) is 11.7. The van der Waals surface area contributed by atoms with Gasteiger partial charge in [0.25, 0.3) is 0 Å². The predicted octanol–water partition coefficient (Wildman–Crippen LogP) is 2.62. The monoisotopic (exact) mass is 254 g/mol. The van der Waals surface area contributed by atoms with Crippen LogP contribution in [-0.2, 0) is 15.1 Å². The summed E-state index contributed by atoms with van der Waals surface area (Å²) in [5.74, 6) is -1.81. The molecule has 0 bridgehead atoms. The fourth-order valence-corrected chi connectivity index (χ4v) is 2.28. The van der Waals surface area contributed by atoms with Crippen LogP contribution in [0.15, 0.2) is 24.3 Å². The van der Waals surface area contributed by atoms with Gasteiger partial charge in [0.05, 0.1) is 13.0 Å². The molecule has 3 nitrogen and oxygen atoms in total. The third kappa shape index (κ3) is 2.53. The van der Waals surface area contributed by atoms with Crippen LogP contribution in [0.3, 0.4) is 0 Å². The highest BCUT2D eigenvalue weighted by atomic mass is 19.1. The van der Waals surface area contributed by atoms with Gasteiger partial charge in [0.2, 0.25) is 0 Å². The van der Waals surface area contributed by atoms with Gasteiger partial charge in [-0.25, -0.2) is 4.39 Å². The minimum Gasteiger partial charge on any atom is -0.469 e. The molecule has 0 heterocycles. The van der Waals surface area contributed by atoms with Crippen LogP contribution in [-0.4, -0.2) is 18.2 Å². The Morgan fingerprint density at radius 3 is 2.50 bits per heavy atom. The average molecular weight is 254 g/mol. The minimum atomic E-state index is -1.53. The van der Waals surface area contributed by atoms with Gasteiger partial charge in [-0.1, -0.05) is 32.0 Å². The standard InChI is InChI=1S/C14H19FO3/c1-4-10(13(16)18-3)14(17,5-2)11-8-6-7-9-12(11)15/h6-10,17H,4-5H2,1-3H3. The van der Waals surface area contributed by atoms with Crippen LogP contribution in [0.2, 0.25) is 0 Å². The molecule has 2 atom stereocenters. The molecular weight excluding hydrogens is 235 g/mol. The Bertz CT molecular complexity index is 419. The molecule has 0 fully saturated rings. The molecule has 4 heteroatoms. The maximum atomic E-state index is 13.8. The number of methoxy groups -OCH3 is 1. The van der Waals surface area contributed by atoms with Gasteiger partial charge in [0, 0.05) is 5.56 Å². The van der Waals surface area contributed by atoms with E-state index in [1.807, 2.05) is 0 Å². The van der Waals surface area contributed by atoms with Crippen molar-refractivity contribution in [3.8, 4) is 0 Å². The zero-order valence-corrected chi connectivity index (χ0v) is 10.9. The number of hydrogen-bond donors (Lipinski definition) is 1. The van der Waals surface area contributed by atoms with Crippen LogP contribution >= 0.6 is 0 Å².